The van der Waals surface area contributed by atoms with Crippen LogP contribution in [-0.4, -0.2) is 23.5 Å². The molecule has 2 N–H and O–H groups in total. The van der Waals surface area contributed by atoms with Gasteiger partial charge in [-0.2, -0.15) is 8.78 Å². The maximum atomic E-state index is 14.0. The summed E-state index contributed by atoms with van der Waals surface area (Å²) < 4.78 is 32.3. The van der Waals surface area contributed by atoms with Crippen LogP contribution in [0, 0.1) is 0 Å². The molecule has 1 aromatic heterocycles. The van der Waals surface area contributed by atoms with Crippen LogP contribution in [0.3, 0.4) is 0 Å². The number of rotatable bonds is 4. The predicted molar refractivity (Wildman–Crippen MR) is 75.3 cm³/mol. The van der Waals surface area contributed by atoms with E-state index in [0.717, 1.165) is 0 Å². The quantitative estimate of drug-likeness (QED) is 0.695. The van der Waals surface area contributed by atoms with Gasteiger partial charge in [0.25, 0.3) is 0 Å². The fraction of sp³-hybridized carbons (Fsp3) is 0.286. The average Bonchev–Trinajstić information content (AvgIpc) is 2.46. The van der Waals surface area contributed by atoms with Gasteiger partial charge >= 0.3 is 11.9 Å². The van der Waals surface area contributed by atoms with Crippen LogP contribution in [-0.2, 0) is 9.53 Å². The third-order valence-corrected chi connectivity index (χ3v) is 3.28. The minimum Gasteiger partial charge on any atom is -0.462 e. The summed E-state index contributed by atoms with van der Waals surface area (Å²) >= 11 is 5.91. The third kappa shape index (κ3) is 2.96. The third-order valence-electron chi connectivity index (χ3n) is 2.98. The van der Waals surface area contributed by atoms with Crippen LogP contribution < -0.4 is 5.73 Å². The van der Waals surface area contributed by atoms with Crippen molar-refractivity contribution in [1.82, 2.24) is 4.98 Å². The van der Waals surface area contributed by atoms with Gasteiger partial charge in [0.2, 0.25) is 0 Å². The summed E-state index contributed by atoms with van der Waals surface area (Å²) in [5.74, 6) is -5.56. The molecule has 0 saturated heterocycles. The predicted octanol–water partition coefficient (Wildman–Crippen LogP) is 3.09. The average molecular weight is 315 g/mol. The molecule has 0 saturated carbocycles. The van der Waals surface area contributed by atoms with E-state index in [-0.39, 0.29) is 17.3 Å². The summed E-state index contributed by atoms with van der Waals surface area (Å²) in [6.45, 7) is 1.27. The van der Waals surface area contributed by atoms with Crippen LogP contribution >= 0.6 is 11.6 Å². The number of ether oxygens (including phenoxy) is 1. The molecule has 0 amide bonds. The Morgan fingerprint density at radius 3 is 2.81 bits per heavy atom. The van der Waals surface area contributed by atoms with Gasteiger partial charge in [0.1, 0.15) is 11.2 Å². The minimum atomic E-state index is -3.89. The van der Waals surface area contributed by atoms with Crippen LogP contribution in [0.1, 0.15) is 18.5 Å². The van der Waals surface area contributed by atoms with Crippen molar-refractivity contribution < 1.29 is 18.3 Å². The fourth-order valence-corrected chi connectivity index (χ4v) is 2.14. The first kappa shape index (κ1) is 15.6. The number of nitrogens with zero attached hydrogens (tertiary/aromatic N) is 1. The van der Waals surface area contributed by atoms with Crippen LogP contribution in [0.5, 0.6) is 0 Å². The maximum absolute atomic E-state index is 14.0. The smallest absolute Gasteiger partial charge is 0.379 e. The Hall–Kier alpha value is -1.79. The largest absolute Gasteiger partial charge is 0.462 e. The molecule has 0 aliphatic heterocycles. The Labute approximate surface area is 124 Å². The molecule has 0 unspecified atom stereocenters. The van der Waals surface area contributed by atoms with Crippen molar-refractivity contribution in [2.75, 3.05) is 6.61 Å². The van der Waals surface area contributed by atoms with Crippen LogP contribution in [0.2, 0.25) is 5.15 Å². The van der Waals surface area contributed by atoms with E-state index in [4.69, 9.17) is 17.3 Å². The van der Waals surface area contributed by atoms with Gasteiger partial charge in [0.15, 0.2) is 0 Å². The molecule has 2 aromatic rings. The van der Waals surface area contributed by atoms with Gasteiger partial charge in [-0.15, -0.1) is 0 Å². The number of hydrogen-bond donors (Lipinski definition) is 1. The fourth-order valence-electron chi connectivity index (χ4n) is 1.88. The highest BCUT2D eigenvalue weighted by Crippen LogP contribution is 2.35. The summed E-state index contributed by atoms with van der Waals surface area (Å²) in [5, 5.41) is 0.442. The number of nitrogens with two attached hydrogens (primary N) is 1. The van der Waals surface area contributed by atoms with Gasteiger partial charge in [0.05, 0.1) is 12.1 Å². The van der Waals surface area contributed by atoms with Crippen molar-refractivity contribution in [1.29, 1.82) is 0 Å². The summed E-state index contributed by atoms with van der Waals surface area (Å²) in [6, 6.07) is 6.34. The lowest BCUT2D eigenvalue weighted by Crippen LogP contribution is -2.42. The van der Waals surface area contributed by atoms with Gasteiger partial charge in [-0.3, -0.25) is 0 Å². The van der Waals surface area contributed by atoms with E-state index in [1.807, 2.05) is 0 Å². The number of halogens is 3. The second-order valence-electron chi connectivity index (χ2n) is 4.38. The Bertz CT molecular complexity index is 679. The number of pyridine rings is 1. The first-order valence-electron chi connectivity index (χ1n) is 6.23. The standard InChI is InChI=1S/C14H13ClF2N2O2/c1-2-21-13(20)14(16,17)11(18)9-7-8-5-3-4-6-10(8)19-12(9)15/h3-7,11H,2,18H2,1H3/t11-/m0/s1. The lowest BCUT2D eigenvalue weighted by atomic mass is 10.0. The van der Waals surface area contributed by atoms with E-state index < -0.39 is 17.9 Å². The van der Waals surface area contributed by atoms with Gasteiger partial charge in [-0.25, -0.2) is 9.78 Å². The number of alkyl halides is 2. The summed E-state index contributed by atoms with van der Waals surface area (Å²) in [6.07, 6.45) is 0. The monoisotopic (exact) mass is 314 g/mol. The molecule has 0 aliphatic carbocycles. The van der Waals surface area contributed by atoms with Gasteiger partial charge in [-0.05, 0) is 19.1 Å². The van der Waals surface area contributed by atoms with E-state index in [1.54, 1.807) is 24.3 Å². The Kier molecular flexibility index (Phi) is 4.39. The van der Waals surface area contributed by atoms with Crippen molar-refractivity contribution in [3.05, 3.63) is 41.0 Å². The van der Waals surface area contributed by atoms with Crippen molar-refractivity contribution in [3.63, 3.8) is 0 Å². The second kappa shape index (κ2) is 5.91. The Balaban J connectivity index is 2.45. The molecule has 0 spiro atoms. The van der Waals surface area contributed by atoms with Crippen molar-refractivity contribution in [2.45, 2.75) is 18.9 Å². The normalized spacial score (nSPS) is 13.2. The number of aromatic nitrogens is 1. The van der Waals surface area contributed by atoms with Gasteiger partial charge in [-0.1, -0.05) is 29.8 Å². The van der Waals surface area contributed by atoms with E-state index in [2.05, 4.69) is 9.72 Å². The molecular weight excluding hydrogens is 302 g/mol. The zero-order chi connectivity index (χ0) is 15.6. The first-order chi connectivity index (χ1) is 9.87. The zero-order valence-corrected chi connectivity index (χ0v) is 11.9. The van der Waals surface area contributed by atoms with Gasteiger partial charge in [0, 0.05) is 10.9 Å². The van der Waals surface area contributed by atoms with E-state index in [0.29, 0.717) is 10.9 Å². The number of para-hydroxylation sites is 1. The number of esters is 1. The highest BCUT2D eigenvalue weighted by Gasteiger charge is 2.48. The van der Waals surface area contributed by atoms with Gasteiger partial charge < -0.3 is 10.5 Å². The van der Waals surface area contributed by atoms with E-state index in [9.17, 15) is 13.6 Å². The molecule has 1 heterocycles. The number of hydrogen-bond acceptors (Lipinski definition) is 4. The number of benzene rings is 1. The Morgan fingerprint density at radius 2 is 2.14 bits per heavy atom. The molecule has 0 radical (unpaired) electrons. The lowest BCUT2D eigenvalue weighted by Gasteiger charge is -2.22. The molecule has 0 fully saturated rings. The van der Waals surface area contributed by atoms with E-state index in [1.165, 1.54) is 13.0 Å². The zero-order valence-electron chi connectivity index (χ0n) is 11.1. The first-order valence-corrected chi connectivity index (χ1v) is 6.61. The summed E-state index contributed by atoms with van der Waals surface area (Å²) in [7, 11) is 0. The summed E-state index contributed by atoms with van der Waals surface area (Å²) in [4.78, 5) is 15.4. The maximum Gasteiger partial charge on any atom is 0.379 e. The molecule has 4 nitrogen and oxygen atoms in total. The molecule has 2 rings (SSSR count). The molecule has 21 heavy (non-hydrogen) atoms. The van der Waals surface area contributed by atoms with Crippen LogP contribution in [0.4, 0.5) is 8.78 Å². The van der Waals surface area contributed by atoms with Crippen LogP contribution in [0.15, 0.2) is 30.3 Å². The molecular formula is C14H13ClF2N2O2. The van der Waals surface area contributed by atoms with E-state index >= 15 is 0 Å². The Morgan fingerprint density at radius 1 is 1.48 bits per heavy atom. The SMILES string of the molecule is CCOC(=O)C(F)(F)[C@@H](N)c1cc2ccccc2nc1Cl. The number of fused-ring (bicyclic) bond motifs is 1. The second-order valence-corrected chi connectivity index (χ2v) is 4.74. The molecule has 0 bridgehead atoms. The van der Waals surface area contributed by atoms with Crippen molar-refractivity contribution in [3.8, 4) is 0 Å². The number of carbonyl (C=O) groups is 1. The molecule has 1 aromatic carbocycles. The number of carbonyl (C=O) groups excluding carboxylic acids is 1. The van der Waals surface area contributed by atoms with Crippen molar-refractivity contribution >= 4 is 28.5 Å². The molecule has 1 atom stereocenters. The summed E-state index contributed by atoms with van der Waals surface area (Å²) in [5.41, 5.74) is 5.97. The topological polar surface area (TPSA) is 65.2 Å². The highest BCUT2D eigenvalue weighted by atomic mass is 35.5. The molecule has 112 valence electrons. The molecule has 7 heteroatoms. The highest BCUT2D eigenvalue weighted by molar-refractivity contribution is 6.30. The van der Waals surface area contributed by atoms with Crippen molar-refractivity contribution in [2.24, 2.45) is 5.73 Å². The molecule has 0 aliphatic rings. The van der Waals surface area contributed by atoms with Crippen LogP contribution in [0.25, 0.3) is 10.9 Å². The minimum absolute atomic E-state index is 0.103. The lowest BCUT2D eigenvalue weighted by molar-refractivity contribution is -0.174.